The summed E-state index contributed by atoms with van der Waals surface area (Å²) in [5.74, 6) is -2.02. The number of phenols is 2. The van der Waals surface area contributed by atoms with E-state index in [0.29, 0.717) is 22.4 Å². The third-order valence-corrected chi connectivity index (χ3v) is 5.62. The van der Waals surface area contributed by atoms with Crippen molar-refractivity contribution < 1.29 is 28.9 Å². The first-order valence-corrected chi connectivity index (χ1v) is 9.94. The summed E-state index contributed by atoms with van der Waals surface area (Å²) in [7, 11) is 1.51. The van der Waals surface area contributed by atoms with E-state index in [1.807, 2.05) is 18.2 Å². The Morgan fingerprint density at radius 2 is 1.69 bits per heavy atom. The summed E-state index contributed by atoms with van der Waals surface area (Å²) in [6.45, 7) is 0. The van der Waals surface area contributed by atoms with Crippen LogP contribution in [0.2, 0.25) is 0 Å². The number of carbonyl (C=O) groups is 1. The van der Waals surface area contributed by atoms with Gasteiger partial charge in [-0.3, -0.25) is 9.59 Å². The number of phenolic OH excluding ortho intramolecular Hbond substituents is 2. The fourth-order valence-corrected chi connectivity index (χ4v) is 4.17. The molecule has 1 atom stereocenters. The standard InChI is InChI=1S/C25H18O7/c1-30-17-10-6-5-9-14(17)15-11-19(27)32-25-20(15)24-21(22(28)23(25)29)16(26)12-18(31-24)13-7-3-2-4-8-13/h2-10,12,15,28-29H,11H2,1H3/t15-/m0/s1. The lowest BCUT2D eigenvalue weighted by molar-refractivity contribution is -0.135. The molecule has 160 valence electrons. The zero-order valence-corrected chi connectivity index (χ0v) is 17.0. The number of esters is 1. The van der Waals surface area contributed by atoms with Crippen LogP contribution >= 0.6 is 0 Å². The maximum atomic E-state index is 13.0. The van der Waals surface area contributed by atoms with E-state index in [4.69, 9.17) is 13.9 Å². The molecule has 0 bridgehead atoms. The van der Waals surface area contributed by atoms with Gasteiger partial charge in [0, 0.05) is 23.1 Å². The highest BCUT2D eigenvalue weighted by atomic mass is 16.5. The Balaban J connectivity index is 1.89. The Kier molecular flexibility index (Phi) is 4.59. The van der Waals surface area contributed by atoms with Gasteiger partial charge in [0.25, 0.3) is 0 Å². The smallest absolute Gasteiger partial charge is 0.312 e. The highest BCUT2D eigenvalue weighted by Crippen LogP contribution is 2.53. The molecule has 0 radical (unpaired) electrons. The Morgan fingerprint density at radius 1 is 0.969 bits per heavy atom. The highest BCUT2D eigenvalue weighted by molar-refractivity contribution is 5.96. The van der Waals surface area contributed by atoms with E-state index in [-0.39, 0.29) is 28.9 Å². The predicted octanol–water partition coefficient (Wildman–Crippen LogP) is 4.32. The van der Waals surface area contributed by atoms with Crippen LogP contribution in [-0.4, -0.2) is 23.3 Å². The number of benzene rings is 3. The fraction of sp³-hybridized carbons (Fsp3) is 0.120. The molecule has 7 nitrogen and oxygen atoms in total. The predicted molar refractivity (Wildman–Crippen MR) is 116 cm³/mol. The van der Waals surface area contributed by atoms with Gasteiger partial charge in [0.1, 0.15) is 22.5 Å². The molecule has 3 aromatic carbocycles. The van der Waals surface area contributed by atoms with Crippen LogP contribution in [0.15, 0.2) is 69.9 Å². The van der Waals surface area contributed by atoms with Crippen LogP contribution in [0.5, 0.6) is 23.0 Å². The van der Waals surface area contributed by atoms with Crippen molar-refractivity contribution >= 4 is 16.9 Å². The second-order valence-corrected chi connectivity index (χ2v) is 7.46. The summed E-state index contributed by atoms with van der Waals surface area (Å²) < 4.78 is 16.9. The van der Waals surface area contributed by atoms with Crippen LogP contribution in [-0.2, 0) is 4.79 Å². The number of rotatable bonds is 3. The topological polar surface area (TPSA) is 106 Å². The molecule has 1 aromatic heterocycles. The van der Waals surface area contributed by atoms with Crippen molar-refractivity contribution in [2.24, 2.45) is 0 Å². The number of aromatic hydroxyl groups is 2. The summed E-state index contributed by atoms with van der Waals surface area (Å²) in [4.78, 5) is 25.4. The highest BCUT2D eigenvalue weighted by Gasteiger charge is 2.37. The zero-order valence-electron chi connectivity index (χ0n) is 17.0. The maximum absolute atomic E-state index is 13.0. The molecule has 0 saturated heterocycles. The number of ether oxygens (including phenoxy) is 2. The quantitative estimate of drug-likeness (QED) is 0.283. The molecular weight excluding hydrogens is 412 g/mol. The van der Waals surface area contributed by atoms with Crippen molar-refractivity contribution in [3.05, 3.63) is 82.0 Å². The summed E-state index contributed by atoms with van der Waals surface area (Å²) in [5, 5.41) is 21.0. The number of fused-ring (bicyclic) bond motifs is 3. The van der Waals surface area contributed by atoms with E-state index >= 15 is 0 Å². The SMILES string of the molecule is COc1ccccc1[C@@H]1CC(=O)Oc2c(O)c(O)c3c(=O)cc(-c4ccccc4)oc3c21. The summed E-state index contributed by atoms with van der Waals surface area (Å²) in [6, 6.07) is 17.4. The van der Waals surface area contributed by atoms with Crippen LogP contribution in [0, 0.1) is 0 Å². The van der Waals surface area contributed by atoms with E-state index in [9.17, 15) is 19.8 Å². The largest absolute Gasteiger partial charge is 0.504 e. The lowest BCUT2D eigenvalue weighted by Gasteiger charge is -2.27. The molecule has 1 aliphatic rings. The minimum absolute atomic E-state index is 0.0464. The lowest BCUT2D eigenvalue weighted by Crippen LogP contribution is -2.22. The average Bonchev–Trinajstić information content (AvgIpc) is 2.82. The maximum Gasteiger partial charge on any atom is 0.312 e. The van der Waals surface area contributed by atoms with Gasteiger partial charge in [0.05, 0.1) is 19.1 Å². The minimum Gasteiger partial charge on any atom is -0.504 e. The molecule has 0 fully saturated rings. The monoisotopic (exact) mass is 430 g/mol. The molecule has 0 unspecified atom stereocenters. The second-order valence-electron chi connectivity index (χ2n) is 7.46. The van der Waals surface area contributed by atoms with Crippen LogP contribution < -0.4 is 14.9 Å². The first-order valence-electron chi connectivity index (χ1n) is 9.94. The number of hydrogen-bond donors (Lipinski definition) is 2. The fourth-order valence-electron chi connectivity index (χ4n) is 4.17. The van der Waals surface area contributed by atoms with E-state index in [1.54, 1.807) is 36.4 Å². The molecule has 2 heterocycles. The van der Waals surface area contributed by atoms with Gasteiger partial charge in [0.15, 0.2) is 16.9 Å². The zero-order chi connectivity index (χ0) is 22.4. The molecule has 5 rings (SSSR count). The van der Waals surface area contributed by atoms with E-state index in [0.717, 1.165) is 0 Å². The molecule has 0 aliphatic carbocycles. The third-order valence-electron chi connectivity index (χ3n) is 5.62. The molecule has 2 N–H and O–H groups in total. The molecule has 4 aromatic rings. The van der Waals surface area contributed by atoms with Crippen LogP contribution in [0.25, 0.3) is 22.3 Å². The number of methoxy groups -OCH3 is 1. The van der Waals surface area contributed by atoms with Gasteiger partial charge < -0.3 is 24.1 Å². The molecule has 7 heteroatoms. The number of hydrogen-bond acceptors (Lipinski definition) is 7. The molecular formula is C25H18O7. The van der Waals surface area contributed by atoms with Gasteiger partial charge in [-0.15, -0.1) is 0 Å². The van der Waals surface area contributed by atoms with Crippen molar-refractivity contribution in [3.8, 4) is 34.3 Å². The number of para-hydroxylation sites is 1. The van der Waals surface area contributed by atoms with Crippen LogP contribution in [0.4, 0.5) is 0 Å². The third kappa shape index (κ3) is 2.98. The Hall–Kier alpha value is -4.26. The van der Waals surface area contributed by atoms with Gasteiger partial charge in [-0.1, -0.05) is 48.5 Å². The first-order chi connectivity index (χ1) is 15.5. The Morgan fingerprint density at radius 3 is 2.44 bits per heavy atom. The van der Waals surface area contributed by atoms with Crippen LogP contribution in [0.3, 0.4) is 0 Å². The summed E-state index contributed by atoms with van der Waals surface area (Å²) in [6.07, 6.45) is -0.0635. The van der Waals surface area contributed by atoms with E-state index in [1.165, 1.54) is 13.2 Å². The molecule has 0 amide bonds. The van der Waals surface area contributed by atoms with Gasteiger partial charge in [-0.05, 0) is 6.07 Å². The first kappa shape index (κ1) is 19.7. The van der Waals surface area contributed by atoms with Crippen molar-refractivity contribution in [2.45, 2.75) is 12.3 Å². The van der Waals surface area contributed by atoms with E-state index < -0.39 is 28.8 Å². The molecule has 0 spiro atoms. The van der Waals surface area contributed by atoms with E-state index in [2.05, 4.69) is 0 Å². The van der Waals surface area contributed by atoms with Crippen molar-refractivity contribution in [1.29, 1.82) is 0 Å². The normalized spacial score (nSPS) is 15.3. The van der Waals surface area contributed by atoms with Gasteiger partial charge in [-0.25, -0.2) is 0 Å². The van der Waals surface area contributed by atoms with Crippen molar-refractivity contribution in [2.75, 3.05) is 7.11 Å². The van der Waals surface area contributed by atoms with Crippen LogP contribution in [0.1, 0.15) is 23.5 Å². The summed E-state index contributed by atoms with van der Waals surface area (Å²) in [5.41, 5.74) is 1.14. The van der Waals surface area contributed by atoms with Gasteiger partial charge in [0.2, 0.25) is 5.75 Å². The summed E-state index contributed by atoms with van der Waals surface area (Å²) >= 11 is 0. The Bertz CT molecular complexity index is 1420. The van der Waals surface area contributed by atoms with Gasteiger partial charge in [-0.2, -0.15) is 0 Å². The Labute approximate surface area is 182 Å². The average molecular weight is 430 g/mol. The molecule has 0 saturated carbocycles. The van der Waals surface area contributed by atoms with Crippen molar-refractivity contribution in [3.63, 3.8) is 0 Å². The number of carbonyl (C=O) groups excluding carboxylic acids is 1. The molecule has 1 aliphatic heterocycles. The molecule has 32 heavy (non-hydrogen) atoms. The van der Waals surface area contributed by atoms with Gasteiger partial charge >= 0.3 is 5.97 Å². The lowest BCUT2D eigenvalue weighted by atomic mass is 9.84. The van der Waals surface area contributed by atoms with Crippen molar-refractivity contribution in [1.82, 2.24) is 0 Å². The minimum atomic E-state index is -0.694. The second kappa shape index (κ2) is 7.46.